The summed E-state index contributed by atoms with van der Waals surface area (Å²) in [6.45, 7) is 6.37. The average molecular weight is 251 g/mol. The van der Waals surface area contributed by atoms with E-state index in [1.807, 2.05) is 4.90 Å². The maximum atomic E-state index is 12.1. The molecule has 0 unspecified atom stereocenters. The monoisotopic (exact) mass is 251 g/mol. The second-order valence-corrected chi connectivity index (χ2v) is 5.28. The van der Waals surface area contributed by atoms with Crippen molar-refractivity contribution in [3.8, 4) is 0 Å². The lowest BCUT2D eigenvalue weighted by Crippen LogP contribution is -2.33. The number of aromatic nitrogens is 3. The highest BCUT2D eigenvalue weighted by molar-refractivity contribution is 5.76. The molecule has 1 saturated heterocycles. The molecule has 1 aliphatic rings. The van der Waals surface area contributed by atoms with Gasteiger partial charge in [0, 0.05) is 25.6 Å². The van der Waals surface area contributed by atoms with Crippen LogP contribution in [0.25, 0.3) is 0 Å². The predicted molar refractivity (Wildman–Crippen MR) is 67.5 cm³/mol. The van der Waals surface area contributed by atoms with Gasteiger partial charge < -0.3 is 10.6 Å². The fourth-order valence-corrected chi connectivity index (χ4v) is 2.48. The summed E-state index contributed by atoms with van der Waals surface area (Å²) in [6.07, 6.45) is 3.56. The van der Waals surface area contributed by atoms with Gasteiger partial charge in [0.25, 0.3) is 0 Å². The lowest BCUT2D eigenvalue weighted by atomic mass is 9.92. The minimum atomic E-state index is 0.111. The van der Waals surface area contributed by atoms with Crippen molar-refractivity contribution in [3.05, 3.63) is 12.7 Å². The second-order valence-electron chi connectivity index (χ2n) is 5.28. The lowest BCUT2D eigenvalue weighted by Gasteiger charge is -2.18. The highest BCUT2D eigenvalue weighted by Crippen LogP contribution is 2.23. The molecule has 0 saturated carbocycles. The number of aryl methyl sites for hydroxylation is 1. The van der Waals surface area contributed by atoms with Crippen molar-refractivity contribution in [2.24, 2.45) is 17.6 Å². The maximum absolute atomic E-state index is 12.1. The van der Waals surface area contributed by atoms with E-state index in [1.54, 1.807) is 11.0 Å². The minimum absolute atomic E-state index is 0.111. The molecule has 2 N–H and O–H groups in total. The Morgan fingerprint density at radius 3 is 2.83 bits per heavy atom. The fraction of sp³-hybridized carbons (Fsp3) is 0.750. The first-order chi connectivity index (χ1) is 8.58. The third kappa shape index (κ3) is 2.87. The Balaban J connectivity index is 1.83. The molecule has 0 bridgehead atoms. The second kappa shape index (κ2) is 5.48. The summed E-state index contributed by atoms with van der Waals surface area (Å²) in [6, 6.07) is 0.111. The van der Waals surface area contributed by atoms with Gasteiger partial charge in [-0.3, -0.25) is 9.48 Å². The molecule has 1 aliphatic heterocycles. The molecule has 1 fully saturated rings. The number of carbonyl (C=O) groups excluding carboxylic acids is 1. The SMILES string of the molecule is CC(C)[C@H]1CN(C(=O)CCn2cncn2)C[C@@H]1N. The van der Waals surface area contributed by atoms with E-state index >= 15 is 0 Å². The van der Waals surface area contributed by atoms with Crippen molar-refractivity contribution >= 4 is 5.91 Å². The smallest absolute Gasteiger partial charge is 0.224 e. The minimum Gasteiger partial charge on any atom is -0.341 e. The molecule has 100 valence electrons. The molecule has 0 aliphatic carbocycles. The molecule has 1 aromatic rings. The first kappa shape index (κ1) is 13.0. The van der Waals surface area contributed by atoms with Crippen LogP contribution >= 0.6 is 0 Å². The Morgan fingerprint density at radius 2 is 2.28 bits per heavy atom. The lowest BCUT2D eigenvalue weighted by molar-refractivity contribution is -0.130. The Labute approximate surface area is 107 Å². The van der Waals surface area contributed by atoms with Crippen LogP contribution in [0.1, 0.15) is 20.3 Å². The Kier molecular flexibility index (Phi) is 3.96. The number of likely N-dealkylation sites (tertiary alicyclic amines) is 1. The van der Waals surface area contributed by atoms with Crippen LogP contribution in [0.3, 0.4) is 0 Å². The molecule has 2 atom stereocenters. The third-order valence-corrected chi connectivity index (χ3v) is 3.64. The number of hydrogen-bond donors (Lipinski definition) is 1. The van der Waals surface area contributed by atoms with E-state index in [1.165, 1.54) is 6.33 Å². The van der Waals surface area contributed by atoms with Gasteiger partial charge in [0.15, 0.2) is 0 Å². The molecule has 1 amide bonds. The van der Waals surface area contributed by atoms with Crippen molar-refractivity contribution < 1.29 is 4.79 Å². The number of nitrogens with two attached hydrogens (primary N) is 1. The molecule has 18 heavy (non-hydrogen) atoms. The third-order valence-electron chi connectivity index (χ3n) is 3.64. The number of rotatable bonds is 4. The van der Waals surface area contributed by atoms with Crippen molar-refractivity contribution in [1.82, 2.24) is 19.7 Å². The quantitative estimate of drug-likeness (QED) is 0.824. The van der Waals surface area contributed by atoms with Crippen LogP contribution in [-0.2, 0) is 11.3 Å². The number of carbonyl (C=O) groups is 1. The summed E-state index contributed by atoms with van der Waals surface area (Å²) in [5.41, 5.74) is 6.08. The molecule has 6 nitrogen and oxygen atoms in total. The van der Waals surface area contributed by atoms with Crippen LogP contribution in [0.4, 0.5) is 0 Å². The first-order valence-corrected chi connectivity index (χ1v) is 6.43. The van der Waals surface area contributed by atoms with Gasteiger partial charge >= 0.3 is 0 Å². The highest BCUT2D eigenvalue weighted by atomic mass is 16.2. The summed E-state index contributed by atoms with van der Waals surface area (Å²) in [5, 5.41) is 3.98. The van der Waals surface area contributed by atoms with Crippen LogP contribution in [-0.4, -0.2) is 44.7 Å². The van der Waals surface area contributed by atoms with Crippen molar-refractivity contribution in [2.45, 2.75) is 32.9 Å². The van der Waals surface area contributed by atoms with Crippen LogP contribution in [0.5, 0.6) is 0 Å². The number of nitrogens with zero attached hydrogens (tertiary/aromatic N) is 4. The van der Waals surface area contributed by atoms with Gasteiger partial charge in [-0.05, 0) is 11.8 Å². The van der Waals surface area contributed by atoms with E-state index in [-0.39, 0.29) is 11.9 Å². The van der Waals surface area contributed by atoms with Gasteiger partial charge in [-0.1, -0.05) is 13.8 Å². The normalized spacial score (nSPS) is 23.9. The van der Waals surface area contributed by atoms with E-state index in [0.29, 0.717) is 31.3 Å². The van der Waals surface area contributed by atoms with Gasteiger partial charge in [0.05, 0.1) is 6.54 Å². The predicted octanol–water partition coefficient (Wildman–Crippen LogP) is 0.110. The van der Waals surface area contributed by atoms with Gasteiger partial charge in [0.2, 0.25) is 5.91 Å². The van der Waals surface area contributed by atoms with Gasteiger partial charge in [-0.2, -0.15) is 5.10 Å². The molecular formula is C12H21N5O. The Hall–Kier alpha value is -1.43. The first-order valence-electron chi connectivity index (χ1n) is 6.43. The van der Waals surface area contributed by atoms with Crippen molar-refractivity contribution in [2.75, 3.05) is 13.1 Å². The molecule has 0 spiro atoms. The average Bonchev–Trinajstić information content (AvgIpc) is 2.94. The number of hydrogen-bond acceptors (Lipinski definition) is 4. The van der Waals surface area contributed by atoms with E-state index in [0.717, 1.165) is 6.54 Å². The largest absolute Gasteiger partial charge is 0.341 e. The van der Waals surface area contributed by atoms with Crippen LogP contribution < -0.4 is 5.73 Å². The summed E-state index contributed by atoms with van der Waals surface area (Å²) in [4.78, 5) is 17.8. The summed E-state index contributed by atoms with van der Waals surface area (Å²) in [5.74, 6) is 1.09. The molecule has 0 radical (unpaired) electrons. The van der Waals surface area contributed by atoms with Gasteiger partial charge in [0.1, 0.15) is 12.7 Å². The highest BCUT2D eigenvalue weighted by Gasteiger charge is 2.34. The zero-order chi connectivity index (χ0) is 13.1. The van der Waals surface area contributed by atoms with E-state index < -0.39 is 0 Å². The molecule has 6 heteroatoms. The van der Waals surface area contributed by atoms with Crippen molar-refractivity contribution in [1.29, 1.82) is 0 Å². The van der Waals surface area contributed by atoms with Gasteiger partial charge in [-0.15, -0.1) is 0 Å². The van der Waals surface area contributed by atoms with E-state index in [2.05, 4.69) is 23.9 Å². The Bertz CT molecular complexity index is 389. The van der Waals surface area contributed by atoms with E-state index in [4.69, 9.17) is 5.73 Å². The van der Waals surface area contributed by atoms with Crippen LogP contribution in [0.15, 0.2) is 12.7 Å². The van der Waals surface area contributed by atoms with Crippen LogP contribution in [0, 0.1) is 11.8 Å². The zero-order valence-corrected chi connectivity index (χ0v) is 11.0. The Morgan fingerprint density at radius 1 is 1.50 bits per heavy atom. The van der Waals surface area contributed by atoms with Crippen LogP contribution in [0.2, 0.25) is 0 Å². The summed E-state index contributed by atoms with van der Waals surface area (Å²) < 4.78 is 1.67. The molecule has 2 heterocycles. The topological polar surface area (TPSA) is 77.0 Å². The zero-order valence-electron chi connectivity index (χ0n) is 11.0. The maximum Gasteiger partial charge on any atom is 0.224 e. The molecule has 2 rings (SSSR count). The summed E-state index contributed by atoms with van der Waals surface area (Å²) >= 11 is 0. The molecule has 0 aromatic carbocycles. The summed E-state index contributed by atoms with van der Waals surface area (Å²) in [7, 11) is 0. The van der Waals surface area contributed by atoms with Crippen molar-refractivity contribution in [3.63, 3.8) is 0 Å². The fourth-order valence-electron chi connectivity index (χ4n) is 2.48. The van der Waals surface area contributed by atoms with E-state index in [9.17, 15) is 4.79 Å². The molecular weight excluding hydrogens is 230 g/mol. The molecule has 1 aromatic heterocycles. The number of amides is 1. The standard InChI is InChI=1S/C12H21N5O/c1-9(2)10-5-16(6-11(10)13)12(18)3-4-17-8-14-7-15-17/h7-11H,3-6,13H2,1-2H3/t10-,11+/m1/s1. The van der Waals surface area contributed by atoms with Gasteiger partial charge in [-0.25, -0.2) is 4.98 Å².